The van der Waals surface area contributed by atoms with E-state index in [1.54, 1.807) is 18.2 Å². The standard InChI is InChI=1S/C23H20N2O2S/c1-16-7-3-5-9-20(16)25-14-21(24(2)15-25)17-11-12-23-19(13-17)18-8-4-6-10-22(18)28(23,26)27/h3-14H,15H2,1-2H3. The van der Waals surface area contributed by atoms with Gasteiger partial charge in [0.05, 0.1) is 22.2 Å². The fourth-order valence-corrected chi connectivity index (χ4v) is 5.76. The molecule has 0 aromatic heterocycles. The maximum absolute atomic E-state index is 12.8. The Morgan fingerprint density at radius 1 is 0.857 bits per heavy atom. The van der Waals surface area contributed by atoms with Crippen molar-refractivity contribution in [1.82, 2.24) is 4.90 Å². The number of hydrogen-bond acceptors (Lipinski definition) is 4. The summed E-state index contributed by atoms with van der Waals surface area (Å²) in [6, 6.07) is 21.2. The highest BCUT2D eigenvalue weighted by atomic mass is 32.2. The highest BCUT2D eigenvalue weighted by Crippen LogP contribution is 2.44. The van der Waals surface area contributed by atoms with Crippen LogP contribution >= 0.6 is 0 Å². The van der Waals surface area contributed by atoms with E-state index in [4.69, 9.17) is 0 Å². The van der Waals surface area contributed by atoms with Crippen LogP contribution in [0.25, 0.3) is 16.8 Å². The van der Waals surface area contributed by atoms with E-state index in [0.29, 0.717) is 9.79 Å². The van der Waals surface area contributed by atoms with Crippen molar-refractivity contribution in [2.75, 3.05) is 18.6 Å². The van der Waals surface area contributed by atoms with E-state index in [2.05, 4.69) is 42.1 Å². The lowest BCUT2D eigenvalue weighted by molar-refractivity contribution is 0.516. The molecule has 0 N–H and O–H groups in total. The molecule has 0 aliphatic carbocycles. The molecule has 140 valence electrons. The molecule has 3 aromatic rings. The third kappa shape index (κ3) is 2.39. The summed E-state index contributed by atoms with van der Waals surface area (Å²) in [5.41, 5.74) is 6.07. The summed E-state index contributed by atoms with van der Waals surface area (Å²) in [6.45, 7) is 2.87. The van der Waals surface area contributed by atoms with Gasteiger partial charge >= 0.3 is 0 Å². The fourth-order valence-electron chi connectivity index (χ4n) is 4.09. The second-order valence-corrected chi connectivity index (χ2v) is 9.21. The first-order valence-electron chi connectivity index (χ1n) is 9.21. The minimum absolute atomic E-state index is 0.398. The minimum Gasteiger partial charge on any atom is -0.355 e. The molecule has 0 radical (unpaired) electrons. The van der Waals surface area contributed by atoms with Crippen LogP contribution < -0.4 is 4.90 Å². The van der Waals surface area contributed by atoms with Crippen molar-refractivity contribution in [2.45, 2.75) is 16.7 Å². The molecule has 0 spiro atoms. The molecule has 2 aliphatic heterocycles. The molecular weight excluding hydrogens is 368 g/mol. The van der Waals surface area contributed by atoms with Gasteiger partial charge in [-0.2, -0.15) is 0 Å². The maximum Gasteiger partial charge on any atom is 0.207 e. The van der Waals surface area contributed by atoms with E-state index >= 15 is 0 Å². The molecule has 0 bridgehead atoms. The van der Waals surface area contributed by atoms with Crippen LogP contribution in [0, 0.1) is 6.92 Å². The van der Waals surface area contributed by atoms with Crippen LogP contribution in [0.1, 0.15) is 11.1 Å². The summed E-state index contributed by atoms with van der Waals surface area (Å²) in [5.74, 6) is 0. The molecule has 2 aliphatic rings. The van der Waals surface area contributed by atoms with Crippen LogP contribution in [-0.2, 0) is 9.84 Å². The van der Waals surface area contributed by atoms with Gasteiger partial charge in [0.1, 0.15) is 0 Å². The highest BCUT2D eigenvalue weighted by molar-refractivity contribution is 7.92. The number of para-hydroxylation sites is 1. The summed E-state index contributed by atoms with van der Waals surface area (Å²) in [5, 5.41) is 0. The molecule has 0 unspecified atom stereocenters. The molecule has 0 fully saturated rings. The number of nitrogens with zero attached hydrogens (tertiary/aromatic N) is 2. The molecule has 3 aromatic carbocycles. The van der Waals surface area contributed by atoms with Gasteiger partial charge in [-0.05, 0) is 36.8 Å². The van der Waals surface area contributed by atoms with Crippen molar-refractivity contribution in [3.8, 4) is 11.1 Å². The van der Waals surface area contributed by atoms with Gasteiger partial charge < -0.3 is 9.80 Å². The molecule has 0 saturated heterocycles. The van der Waals surface area contributed by atoms with Crippen LogP contribution in [-0.4, -0.2) is 27.0 Å². The Hall–Kier alpha value is -3.05. The van der Waals surface area contributed by atoms with Crippen LogP contribution in [0.5, 0.6) is 0 Å². The smallest absolute Gasteiger partial charge is 0.207 e. The van der Waals surface area contributed by atoms with Crippen molar-refractivity contribution in [3.05, 3.63) is 84.1 Å². The van der Waals surface area contributed by atoms with Crippen LogP contribution in [0.4, 0.5) is 5.69 Å². The van der Waals surface area contributed by atoms with Gasteiger partial charge in [0, 0.05) is 35.6 Å². The van der Waals surface area contributed by atoms with Crippen molar-refractivity contribution >= 4 is 21.2 Å². The predicted molar refractivity (Wildman–Crippen MR) is 112 cm³/mol. The first-order valence-corrected chi connectivity index (χ1v) is 10.7. The number of anilines is 1. The number of aryl methyl sites for hydroxylation is 1. The zero-order chi connectivity index (χ0) is 19.5. The van der Waals surface area contributed by atoms with Gasteiger partial charge in [0.25, 0.3) is 0 Å². The zero-order valence-electron chi connectivity index (χ0n) is 15.8. The molecule has 4 nitrogen and oxygen atoms in total. The van der Waals surface area contributed by atoms with Gasteiger partial charge in [-0.15, -0.1) is 0 Å². The van der Waals surface area contributed by atoms with E-state index in [0.717, 1.165) is 29.1 Å². The van der Waals surface area contributed by atoms with Crippen LogP contribution in [0.15, 0.2) is 82.7 Å². The van der Waals surface area contributed by atoms with Crippen LogP contribution in [0.3, 0.4) is 0 Å². The SMILES string of the molecule is Cc1ccccc1N1C=C(c2ccc3c(c2)-c2ccccc2S3(=O)=O)N(C)C1. The first-order chi connectivity index (χ1) is 13.5. The quantitative estimate of drug-likeness (QED) is 0.506. The Kier molecular flexibility index (Phi) is 3.64. The largest absolute Gasteiger partial charge is 0.355 e. The van der Waals surface area contributed by atoms with E-state index in [1.807, 2.05) is 36.4 Å². The number of rotatable bonds is 2. The van der Waals surface area contributed by atoms with Crippen molar-refractivity contribution < 1.29 is 8.42 Å². The molecular formula is C23H20N2O2S. The summed E-state index contributed by atoms with van der Waals surface area (Å²) in [4.78, 5) is 5.21. The van der Waals surface area contributed by atoms with Gasteiger partial charge in [-0.1, -0.05) is 42.5 Å². The second kappa shape index (κ2) is 5.97. The average Bonchev–Trinajstić information content (AvgIpc) is 3.18. The molecule has 0 saturated carbocycles. The lowest BCUT2D eigenvalue weighted by Crippen LogP contribution is -2.23. The number of fused-ring (bicyclic) bond motifs is 3. The van der Waals surface area contributed by atoms with Gasteiger partial charge in [-0.3, -0.25) is 0 Å². The van der Waals surface area contributed by atoms with E-state index in [-0.39, 0.29) is 0 Å². The van der Waals surface area contributed by atoms with Gasteiger partial charge in [-0.25, -0.2) is 8.42 Å². The predicted octanol–water partition coefficient (Wildman–Crippen LogP) is 4.52. The Morgan fingerprint density at radius 3 is 2.39 bits per heavy atom. The number of sulfone groups is 1. The molecule has 5 rings (SSSR count). The summed E-state index contributed by atoms with van der Waals surface area (Å²) < 4.78 is 25.6. The Morgan fingerprint density at radius 2 is 1.57 bits per heavy atom. The van der Waals surface area contributed by atoms with E-state index < -0.39 is 9.84 Å². The van der Waals surface area contributed by atoms with Crippen molar-refractivity contribution in [2.24, 2.45) is 0 Å². The average molecular weight is 388 g/mol. The second-order valence-electron chi connectivity index (χ2n) is 7.32. The molecule has 0 atom stereocenters. The third-order valence-electron chi connectivity index (χ3n) is 5.51. The minimum atomic E-state index is -3.42. The molecule has 2 heterocycles. The molecule has 28 heavy (non-hydrogen) atoms. The number of hydrogen-bond donors (Lipinski definition) is 0. The summed E-state index contributed by atoms with van der Waals surface area (Å²) >= 11 is 0. The fraction of sp³-hybridized carbons (Fsp3) is 0.130. The lowest BCUT2D eigenvalue weighted by atomic mass is 10.0. The lowest BCUT2D eigenvalue weighted by Gasteiger charge is -2.21. The first kappa shape index (κ1) is 17.1. The van der Waals surface area contributed by atoms with E-state index in [9.17, 15) is 8.42 Å². The summed E-state index contributed by atoms with van der Waals surface area (Å²) in [6.07, 6.45) is 2.14. The summed E-state index contributed by atoms with van der Waals surface area (Å²) in [7, 11) is -1.36. The third-order valence-corrected chi connectivity index (χ3v) is 7.38. The Bertz CT molecular complexity index is 1240. The van der Waals surface area contributed by atoms with E-state index in [1.165, 1.54) is 11.3 Å². The normalized spacial score (nSPS) is 16.7. The van der Waals surface area contributed by atoms with Crippen molar-refractivity contribution in [1.29, 1.82) is 0 Å². The Balaban J connectivity index is 1.61. The molecule has 0 amide bonds. The topological polar surface area (TPSA) is 40.6 Å². The van der Waals surface area contributed by atoms with Gasteiger partial charge in [0.2, 0.25) is 9.84 Å². The zero-order valence-corrected chi connectivity index (χ0v) is 16.6. The van der Waals surface area contributed by atoms with Crippen LogP contribution in [0.2, 0.25) is 0 Å². The van der Waals surface area contributed by atoms with Gasteiger partial charge in [0.15, 0.2) is 0 Å². The number of benzene rings is 3. The van der Waals surface area contributed by atoms with Crippen molar-refractivity contribution in [3.63, 3.8) is 0 Å². The monoisotopic (exact) mass is 388 g/mol. The maximum atomic E-state index is 12.8. The Labute approximate surface area is 165 Å². The molecule has 5 heteroatoms. The highest BCUT2D eigenvalue weighted by Gasteiger charge is 2.33.